The first kappa shape index (κ1) is 21.3. The number of esters is 2. The lowest BCUT2D eigenvalue weighted by Gasteiger charge is -2.27. The lowest BCUT2D eigenvalue weighted by atomic mass is 9.92. The largest absolute Gasteiger partial charge is 0.465 e. The van der Waals surface area contributed by atoms with Crippen molar-refractivity contribution in [1.29, 1.82) is 0 Å². The number of carbonyl (C=O) groups is 2. The molecule has 144 valence electrons. The van der Waals surface area contributed by atoms with Gasteiger partial charge in [0.2, 0.25) is 0 Å². The van der Waals surface area contributed by atoms with Crippen molar-refractivity contribution in [2.75, 3.05) is 18.5 Å². The molecule has 0 bridgehead atoms. The summed E-state index contributed by atoms with van der Waals surface area (Å²) in [5.74, 6) is -2.45. The SMILES string of the molecule is CCOC(=O)C(C(=O)OCC)C(Nc1cccc(Cl)c1)c1cccc(Br)c1. The van der Waals surface area contributed by atoms with Crippen LogP contribution < -0.4 is 5.32 Å². The Kier molecular flexibility index (Phi) is 8.13. The summed E-state index contributed by atoms with van der Waals surface area (Å²) in [6, 6.07) is 13.7. The van der Waals surface area contributed by atoms with Crippen LogP contribution in [0.25, 0.3) is 0 Å². The highest BCUT2D eigenvalue weighted by molar-refractivity contribution is 9.10. The van der Waals surface area contributed by atoms with Crippen LogP contribution in [0.15, 0.2) is 53.0 Å². The van der Waals surface area contributed by atoms with Crippen molar-refractivity contribution < 1.29 is 19.1 Å². The second-order valence-electron chi connectivity index (χ2n) is 5.67. The summed E-state index contributed by atoms with van der Waals surface area (Å²) in [7, 11) is 0. The van der Waals surface area contributed by atoms with Crippen LogP contribution in [0.2, 0.25) is 5.02 Å². The molecule has 1 N–H and O–H groups in total. The zero-order chi connectivity index (χ0) is 19.8. The second-order valence-corrected chi connectivity index (χ2v) is 7.02. The minimum atomic E-state index is -1.17. The summed E-state index contributed by atoms with van der Waals surface area (Å²) < 4.78 is 11.1. The molecule has 1 unspecified atom stereocenters. The van der Waals surface area contributed by atoms with Crippen molar-refractivity contribution in [3.05, 3.63) is 63.6 Å². The van der Waals surface area contributed by atoms with Crippen molar-refractivity contribution >= 4 is 45.2 Å². The van der Waals surface area contributed by atoms with Gasteiger partial charge in [0.1, 0.15) is 0 Å². The molecular formula is C20H21BrClNO4. The molecule has 1 atom stereocenters. The van der Waals surface area contributed by atoms with E-state index in [0.29, 0.717) is 10.7 Å². The standard InChI is InChI=1S/C20H21BrClNO4/c1-3-26-19(24)17(20(25)27-4-2)18(13-7-5-8-14(21)11-13)23-16-10-6-9-15(22)12-16/h5-12,17-18,23H,3-4H2,1-2H3. The van der Waals surface area contributed by atoms with E-state index in [1.165, 1.54) is 0 Å². The first-order chi connectivity index (χ1) is 13.0. The van der Waals surface area contributed by atoms with Gasteiger partial charge in [-0.2, -0.15) is 0 Å². The Labute approximate surface area is 172 Å². The number of nitrogens with one attached hydrogen (secondary N) is 1. The quantitative estimate of drug-likeness (QED) is 0.449. The molecule has 2 aromatic carbocycles. The fraction of sp³-hybridized carbons (Fsp3) is 0.300. The van der Waals surface area contributed by atoms with Crippen LogP contribution in [0.5, 0.6) is 0 Å². The average molecular weight is 455 g/mol. The average Bonchev–Trinajstić information content (AvgIpc) is 2.62. The van der Waals surface area contributed by atoms with Crippen LogP contribution in [-0.4, -0.2) is 25.2 Å². The summed E-state index contributed by atoms with van der Waals surface area (Å²) in [5, 5.41) is 3.77. The Hall–Kier alpha value is -2.05. The van der Waals surface area contributed by atoms with Crippen LogP contribution >= 0.6 is 27.5 Å². The smallest absolute Gasteiger partial charge is 0.322 e. The van der Waals surface area contributed by atoms with Gasteiger partial charge in [-0.1, -0.05) is 45.7 Å². The van der Waals surface area contributed by atoms with E-state index < -0.39 is 23.9 Å². The molecule has 0 aromatic heterocycles. The Morgan fingerprint density at radius 1 is 1.04 bits per heavy atom. The van der Waals surface area contributed by atoms with E-state index in [4.69, 9.17) is 21.1 Å². The molecule has 0 fully saturated rings. The maximum atomic E-state index is 12.6. The van der Waals surface area contributed by atoms with Gasteiger partial charge in [-0.3, -0.25) is 9.59 Å². The van der Waals surface area contributed by atoms with Crippen molar-refractivity contribution in [3.63, 3.8) is 0 Å². The molecule has 0 heterocycles. The van der Waals surface area contributed by atoms with Gasteiger partial charge in [0.25, 0.3) is 0 Å². The van der Waals surface area contributed by atoms with E-state index >= 15 is 0 Å². The first-order valence-corrected chi connectivity index (χ1v) is 9.74. The van der Waals surface area contributed by atoms with E-state index in [9.17, 15) is 9.59 Å². The molecule has 2 rings (SSSR count). The molecule has 2 aromatic rings. The van der Waals surface area contributed by atoms with Gasteiger partial charge >= 0.3 is 11.9 Å². The second kappa shape index (κ2) is 10.3. The maximum absolute atomic E-state index is 12.6. The van der Waals surface area contributed by atoms with E-state index in [2.05, 4.69) is 21.2 Å². The molecule has 0 saturated carbocycles. The van der Waals surface area contributed by atoms with E-state index in [1.54, 1.807) is 32.0 Å². The predicted octanol–water partition coefficient (Wildman–Crippen LogP) is 5.00. The van der Waals surface area contributed by atoms with Crippen molar-refractivity contribution in [1.82, 2.24) is 0 Å². The number of ether oxygens (including phenoxy) is 2. The van der Waals surface area contributed by atoms with Crippen LogP contribution in [-0.2, 0) is 19.1 Å². The topological polar surface area (TPSA) is 64.6 Å². The monoisotopic (exact) mass is 453 g/mol. The van der Waals surface area contributed by atoms with E-state index in [1.807, 2.05) is 30.3 Å². The third kappa shape index (κ3) is 5.97. The van der Waals surface area contributed by atoms with Gasteiger partial charge in [-0.25, -0.2) is 0 Å². The third-order valence-corrected chi connectivity index (χ3v) is 4.50. The highest BCUT2D eigenvalue weighted by Gasteiger charge is 2.38. The molecule has 0 radical (unpaired) electrons. The molecule has 0 aliphatic heterocycles. The molecule has 0 spiro atoms. The molecule has 0 saturated heterocycles. The van der Waals surface area contributed by atoms with Gasteiger partial charge in [-0.05, 0) is 49.7 Å². The molecule has 7 heteroatoms. The molecule has 27 heavy (non-hydrogen) atoms. The number of carbonyl (C=O) groups excluding carboxylic acids is 2. The number of hydrogen-bond donors (Lipinski definition) is 1. The Bertz CT molecular complexity index is 781. The molecular weight excluding hydrogens is 434 g/mol. The first-order valence-electron chi connectivity index (χ1n) is 8.57. The number of anilines is 1. The Balaban J connectivity index is 2.49. The van der Waals surface area contributed by atoms with Gasteiger partial charge < -0.3 is 14.8 Å². The molecule has 5 nitrogen and oxygen atoms in total. The van der Waals surface area contributed by atoms with Crippen molar-refractivity contribution in [3.8, 4) is 0 Å². The molecule has 0 aliphatic rings. The van der Waals surface area contributed by atoms with Gasteiger partial charge in [0, 0.05) is 15.2 Å². The zero-order valence-electron chi connectivity index (χ0n) is 15.1. The summed E-state index contributed by atoms with van der Waals surface area (Å²) in [6.07, 6.45) is 0. The van der Waals surface area contributed by atoms with E-state index in [0.717, 1.165) is 10.0 Å². The highest BCUT2D eigenvalue weighted by atomic mass is 79.9. The van der Waals surface area contributed by atoms with Crippen LogP contribution in [0.3, 0.4) is 0 Å². The van der Waals surface area contributed by atoms with Crippen LogP contribution in [0.1, 0.15) is 25.5 Å². The van der Waals surface area contributed by atoms with Gasteiger partial charge in [0.15, 0.2) is 5.92 Å². The Morgan fingerprint density at radius 2 is 1.67 bits per heavy atom. The summed E-state index contributed by atoms with van der Waals surface area (Å²) in [5.41, 5.74) is 1.40. The number of benzene rings is 2. The number of hydrogen-bond acceptors (Lipinski definition) is 5. The van der Waals surface area contributed by atoms with Crippen molar-refractivity contribution in [2.24, 2.45) is 5.92 Å². The van der Waals surface area contributed by atoms with E-state index in [-0.39, 0.29) is 13.2 Å². The highest BCUT2D eigenvalue weighted by Crippen LogP contribution is 2.31. The Morgan fingerprint density at radius 3 is 2.22 bits per heavy atom. The normalized spacial score (nSPS) is 11.7. The fourth-order valence-electron chi connectivity index (χ4n) is 2.65. The minimum absolute atomic E-state index is 0.164. The minimum Gasteiger partial charge on any atom is -0.465 e. The zero-order valence-corrected chi connectivity index (χ0v) is 17.4. The molecule has 0 aliphatic carbocycles. The molecule has 0 amide bonds. The van der Waals surface area contributed by atoms with Crippen LogP contribution in [0, 0.1) is 5.92 Å². The van der Waals surface area contributed by atoms with Gasteiger partial charge in [0.05, 0.1) is 19.3 Å². The lowest BCUT2D eigenvalue weighted by Crippen LogP contribution is -2.36. The fourth-order valence-corrected chi connectivity index (χ4v) is 3.26. The number of halogens is 2. The van der Waals surface area contributed by atoms with Gasteiger partial charge in [-0.15, -0.1) is 0 Å². The predicted molar refractivity (Wildman–Crippen MR) is 109 cm³/mol. The maximum Gasteiger partial charge on any atom is 0.322 e. The third-order valence-electron chi connectivity index (χ3n) is 3.77. The van der Waals surface area contributed by atoms with Crippen LogP contribution in [0.4, 0.5) is 5.69 Å². The summed E-state index contributed by atoms with van der Waals surface area (Å²) >= 11 is 9.50. The summed E-state index contributed by atoms with van der Waals surface area (Å²) in [6.45, 7) is 3.71. The summed E-state index contributed by atoms with van der Waals surface area (Å²) in [4.78, 5) is 25.2. The number of rotatable bonds is 8. The lowest BCUT2D eigenvalue weighted by molar-refractivity contribution is -0.162. The van der Waals surface area contributed by atoms with Crippen molar-refractivity contribution in [2.45, 2.75) is 19.9 Å².